The topological polar surface area (TPSA) is 45.3 Å². The van der Waals surface area contributed by atoms with Crippen molar-refractivity contribution in [1.29, 1.82) is 0 Å². The molecule has 1 heterocycles. The van der Waals surface area contributed by atoms with E-state index in [4.69, 9.17) is 0 Å². The smallest absolute Gasteiger partial charge is 0.266 e. The number of pyridine rings is 1. The molecule has 0 spiro atoms. The molecule has 0 aliphatic rings. The van der Waals surface area contributed by atoms with Gasteiger partial charge in [-0.05, 0) is 27.6 Å². The summed E-state index contributed by atoms with van der Waals surface area (Å²) in [6.07, 6.45) is 5.43. The molecule has 4 nitrogen and oxygen atoms in total. The highest BCUT2D eigenvalue weighted by Crippen LogP contribution is 2.27. The minimum Gasteiger partial charge on any atom is -0.266 e. The van der Waals surface area contributed by atoms with E-state index in [0.29, 0.717) is 0 Å². The van der Waals surface area contributed by atoms with Crippen LogP contribution in [0.15, 0.2) is 90.3 Å². The number of hydrogen-bond acceptors (Lipinski definition) is 2. The van der Waals surface area contributed by atoms with Crippen LogP contribution in [0, 0.1) is 0 Å². The summed E-state index contributed by atoms with van der Waals surface area (Å²) >= 11 is 0. The van der Waals surface area contributed by atoms with Crippen LogP contribution in [0.4, 0.5) is 0 Å². The van der Waals surface area contributed by atoms with Gasteiger partial charge < -0.3 is 0 Å². The summed E-state index contributed by atoms with van der Waals surface area (Å²) in [5.41, 5.74) is 3.62. The van der Waals surface area contributed by atoms with E-state index in [0.717, 1.165) is 27.1 Å². The Kier molecular flexibility index (Phi) is 4.39. The highest BCUT2D eigenvalue weighted by Gasteiger charge is 2.08. The zero-order chi connectivity index (χ0) is 17.8. The minimum absolute atomic E-state index is 0.165. The maximum Gasteiger partial charge on any atom is 0.305 e. The van der Waals surface area contributed by atoms with E-state index in [2.05, 4.69) is 40.9 Å². The van der Waals surface area contributed by atoms with Gasteiger partial charge in [0.2, 0.25) is 6.54 Å². The van der Waals surface area contributed by atoms with Crippen molar-refractivity contribution < 1.29 is 9.36 Å². The van der Waals surface area contributed by atoms with E-state index in [9.17, 15) is 4.79 Å². The molecule has 0 saturated carbocycles. The van der Waals surface area contributed by atoms with E-state index in [1.54, 1.807) is 10.8 Å². The van der Waals surface area contributed by atoms with E-state index >= 15 is 0 Å². The number of hydrogen-bond donors (Lipinski definition) is 1. The van der Waals surface area contributed by atoms with Crippen molar-refractivity contribution in [3.05, 3.63) is 90.8 Å². The van der Waals surface area contributed by atoms with E-state index in [1.807, 2.05) is 54.9 Å². The lowest BCUT2D eigenvalue weighted by atomic mass is 9.97. The first kappa shape index (κ1) is 16.0. The van der Waals surface area contributed by atoms with Crippen LogP contribution in [0.1, 0.15) is 5.56 Å². The normalized spacial score (nSPS) is 11.2. The Morgan fingerprint density at radius 1 is 0.885 bits per heavy atom. The van der Waals surface area contributed by atoms with Crippen LogP contribution in [0.5, 0.6) is 0 Å². The van der Waals surface area contributed by atoms with Gasteiger partial charge in [0.1, 0.15) is 0 Å². The monoisotopic (exact) mass is 340 g/mol. The lowest BCUT2D eigenvalue weighted by Crippen LogP contribution is -2.40. The average Bonchev–Trinajstić information content (AvgIpc) is 2.68. The third-order valence-corrected chi connectivity index (χ3v) is 4.30. The fraction of sp³-hybridized carbons (Fsp3) is 0.0455. The molecule has 4 rings (SSSR count). The zero-order valence-electron chi connectivity index (χ0n) is 14.2. The Morgan fingerprint density at radius 2 is 1.50 bits per heavy atom. The molecule has 0 atom stereocenters. The summed E-state index contributed by atoms with van der Waals surface area (Å²) in [6.45, 7) is 0.231. The first-order valence-electron chi connectivity index (χ1n) is 8.48. The molecule has 3 aromatic carbocycles. The lowest BCUT2D eigenvalue weighted by Gasteiger charge is -2.07. The van der Waals surface area contributed by atoms with Gasteiger partial charge in [-0.2, -0.15) is 9.67 Å². The first-order chi connectivity index (χ1) is 12.8. The van der Waals surface area contributed by atoms with Gasteiger partial charge in [0.05, 0.1) is 6.21 Å². The standard InChI is InChI=1S/C22H17N3O/c26-22(16-25-12-6-1-7-13-25)24-23-15-21-19-10-4-2-8-17(19)14-18-9-3-5-11-20(18)21/h1-15H,16H2/p+1/b23-15+. The van der Waals surface area contributed by atoms with Crippen molar-refractivity contribution in [2.75, 3.05) is 0 Å². The SMILES string of the molecule is O=C(C[n+]1ccccc1)N/N=C/c1c2ccccc2cc2ccccc12. The number of carbonyl (C=O) groups is 1. The van der Waals surface area contributed by atoms with Gasteiger partial charge in [-0.25, -0.2) is 5.43 Å². The average molecular weight is 340 g/mol. The number of rotatable bonds is 4. The van der Waals surface area contributed by atoms with Gasteiger partial charge in [0.25, 0.3) is 0 Å². The van der Waals surface area contributed by atoms with E-state index in [-0.39, 0.29) is 12.5 Å². The van der Waals surface area contributed by atoms with Crippen LogP contribution in [-0.2, 0) is 11.3 Å². The van der Waals surface area contributed by atoms with Crippen molar-refractivity contribution in [1.82, 2.24) is 5.43 Å². The van der Waals surface area contributed by atoms with Gasteiger partial charge in [-0.3, -0.25) is 4.79 Å². The molecule has 0 bridgehead atoms. The summed E-state index contributed by atoms with van der Waals surface area (Å²) in [6, 6.07) is 24.3. The summed E-state index contributed by atoms with van der Waals surface area (Å²) < 4.78 is 1.80. The highest BCUT2D eigenvalue weighted by atomic mass is 16.2. The third-order valence-electron chi connectivity index (χ3n) is 4.30. The molecule has 0 fully saturated rings. The molecule has 26 heavy (non-hydrogen) atoms. The summed E-state index contributed by atoms with van der Waals surface area (Å²) in [7, 11) is 0. The predicted molar refractivity (Wildman–Crippen MR) is 104 cm³/mol. The van der Waals surface area contributed by atoms with E-state index < -0.39 is 0 Å². The summed E-state index contributed by atoms with van der Waals surface area (Å²) in [4.78, 5) is 12.1. The molecule has 4 heteroatoms. The van der Waals surface area contributed by atoms with Crippen LogP contribution in [0.2, 0.25) is 0 Å². The number of fused-ring (bicyclic) bond motifs is 2. The molecular weight excluding hydrogens is 322 g/mol. The second kappa shape index (κ2) is 7.15. The second-order valence-corrected chi connectivity index (χ2v) is 6.07. The maximum absolute atomic E-state index is 12.1. The molecule has 0 unspecified atom stereocenters. The van der Waals surface area contributed by atoms with Gasteiger partial charge >= 0.3 is 5.91 Å². The van der Waals surface area contributed by atoms with Crippen molar-refractivity contribution in [3.63, 3.8) is 0 Å². The molecule has 1 N–H and O–H groups in total. The van der Waals surface area contributed by atoms with Crippen LogP contribution < -0.4 is 9.99 Å². The zero-order valence-corrected chi connectivity index (χ0v) is 14.2. The Bertz CT molecular complexity index is 1050. The first-order valence-corrected chi connectivity index (χ1v) is 8.48. The van der Waals surface area contributed by atoms with Crippen LogP contribution in [0.25, 0.3) is 21.5 Å². The number of hydrazone groups is 1. The third kappa shape index (κ3) is 3.30. The van der Waals surface area contributed by atoms with Crippen LogP contribution in [0.3, 0.4) is 0 Å². The van der Waals surface area contributed by atoms with Gasteiger partial charge in [0.15, 0.2) is 12.4 Å². The van der Waals surface area contributed by atoms with Crippen LogP contribution in [-0.4, -0.2) is 12.1 Å². The lowest BCUT2D eigenvalue weighted by molar-refractivity contribution is -0.684. The summed E-state index contributed by atoms with van der Waals surface area (Å²) in [5, 5.41) is 8.73. The molecule has 126 valence electrons. The molecule has 0 aliphatic heterocycles. The fourth-order valence-corrected chi connectivity index (χ4v) is 3.10. The van der Waals surface area contributed by atoms with Crippen molar-refractivity contribution >= 4 is 33.7 Å². The number of nitrogens with zero attached hydrogens (tertiary/aromatic N) is 2. The molecule has 1 aromatic heterocycles. The van der Waals surface area contributed by atoms with E-state index in [1.165, 1.54) is 0 Å². The molecule has 0 aliphatic carbocycles. The quantitative estimate of drug-likeness (QED) is 0.263. The molecule has 1 amide bonds. The summed E-state index contributed by atoms with van der Waals surface area (Å²) in [5.74, 6) is -0.165. The number of nitrogens with one attached hydrogen (secondary N) is 1. The fourth-order valence-electron chi connectivity index (χ4n) is 3.10. The Morgan fingerprint density at radius 3 is 2.15 bits per heavy atom. The van der Waals surface area contributed by atoms with Gasteiger partial charge in [-0.15, -0.1) is 0 Å². The van der Waals surface area contributed by atoms with Gasteiger partial charge in [-0.1, -0.05) is 54.6 Å². The van der Waals surface area contributed by atoms with Crippen molar-refractivity contribution in [2.24, 2.45) is 5.10 Å². The number of carbonyl (C=O) groups excluding carboxylic acids is 1. The number of aromatic nitrogens is 1. The largest absolute Gasteiger partial charge is 0.305 e. The van der Waals surface area contributed by atoms with Crippen LogP contribution >= 0.6 is 0 Å². The number of amides is 1. The molecule has 4 aromatic rings. The second-order valence-electron chi connectivity index (χ2n) is 6.07. The highest BCUT2D eigenvalue weighted by molar-refractivity contribution is 6.13. The van der Waals surface area contributed by atoms with Crippen molar-refractivity contribution in [3.8, 4) is 0 Å². The molecule has 0 saturated heterocycles. The Labute approximate surface area is 151 Å². The van der Waals surface area contributed by atoms with Gasteiger partial charge in [0, 0.05) is 17.7 Å². The molecular formula is C22H18N3O+. The van der Waals surface area contributed by atoms with Crippen molar-refractivity contribution in [2.45, 2.75) is 6.54 Å². The maximum atomic E-state index is 12.1. The minimum atomic E-state index is -0.165. The molecule has 0 radical (unpaired) electrons. The number of benzene rings is 3. The Hall–Kier alpha value is -3.53. The Balaban J connectivity index is 1.63. The predicted octanol–water partition coefficient (Wildman–Crippen LogP) is 3.43.